The van der Waals surface area contributed by atoms with Gasteiger partial charge < -0.3 is 10.3 Å². The van der Waals surface area contributed by atoms with E-state index in [0.29, 0.717) is 6.54 Å². The Hall–Kier alpha value is -2.26. The number of anilines is 1. The first-order valence-corrected chi connectivity index (χ1v) is 7.14. The number of aromatic nitrogens is 2. The molecule has 0 saturated heterocycles. The van der Waals surface area contributed by atoms with Gasteiger partial charge in [0.1, 0.15) is 5.82 Å². The monoisotopic (exact) mass is 297 g/mol. The van der Waals surface area contributed by atoms with Crippen LogP contribution in [-0.4, -0.2) is 9.55 Å². The molecule has 0 unspecified atom stereocenters. The highest BCUT2D eigenvalue weighted by atomic mass is 35.5. The lowest BCUT2D eigenvalue weighted by Crippen LogP contribution is -2.02. The first kappa shape index (κ1) is 13.7. The van der Waals surface area contributed by atoms with Crippen LogP contribution >= 0.6 is 11.6 Å². The van der Waals surface area contributed by atoms with Crippen LogP contribution in [0.15, 0.2) is 54.7 Å². The molecule has 4 heteroatoms. The van der Waals surface area contributed by atoms with E-state index < -0.39 is 0 Å². The lowest BCUT2D eigenvalue weighted by Gasteiger charge is -2.09. The molecule has 3 aromatic rings. The maximum Gasteiger partial charge on any atom is 0.140 e. The molecule has 0 radical (unpaired) electrons. The number of nitrogens with two attached hydrogens (primary N) is 1. The maximum absolute atomic E-state index is 6.25. The minimum absolute atomic E-state index is 0.685. The third-order valence-corrected chi connectivity index (χ3v) is 3.71. The van der Waals surface area contributed by atoms with Crippen molar-refractivity contribution in [3.63, 3.8) is 0 Å². The fourth-order valence-corrected chi connectivity index (χ4v) is 2.58. The first-order valence-electron chi connectivity index (χ1n) is 6.76. The van der Waals surface area contributed by atoms with Crippen LogP contribution in [0, 0.1) is 6.92 Å². The van der Waals surface area contributed by atoms with Crippen molar-refractivity contribution in [3.05, 3.63) is 71.0 Å². The summed E-state index contributed by atoms with van der Waals surface area (Å²) >= 11 is 6.25. The fourth-order valence-electron chi connectivity index (χ4n) is 2.39. The summed E-state index contributed by atoms with van der Waals surface area (Å²) in [4.78, 5) is 4.61. The molecule has 0 saturated carbocycles. The summed E-state index contributed by atoms with van der Waals surface area (Å²) in [6.07, 6.45) is 2.03. The van der Waals surface area contributed by atoms with Gasteiger partial charge >= 0.3 is 0 Å². The SMILES string of the molecule is Cc1cn(Cc2ccccc2Cl)c(-c2cccc(N)c2)n1. The molecule has 0 aliphatic heterocycles. The number of aryl methyl sites for hydroxylation is 1. The standard InChI is InChI=1S/C17H16ClN3/c1-12-10-21(11-14-5-2-3-8-16(14)18)17(20-12)13-6-4-7-15(19)9-13/h2-10H,11,19H2,1H3. The Morgan fingerprint density at radius 1 is 1.14 bits per heavy atom. The van der Waals surface area contributed by atoms with Gasteiger partial charge in [0, 0.05) is 22.5 Å². The van der Waals surface area contributed by atoms with Crippen LogP contribution in [0.3, 0.4) is 0 Å². The van der Waals surface area contributed by atoms with Crippen molar-refractivity contribution in [2.75, 3.05) is 5.73 Å². The van der Waals surface area contributed by atoms with Gasteiger partial charge in [-0.1, -0.05) is 41.9 Å². The number of benzene rings is 2. The quantitative estimate of drug-likeness (QED) is 0.738. The Morgan fingerprint density at radius 3 is 2.71 bits per heavy atom. The van der Waals surface area contributed by atoms with Crippen molar-refractivity contribution in [1.29, 1.82) is 0 Å². The third-order valence-electron chi connectivity index (χ3n) is 3.34. The highest BCUT2D eigenvalue weighted by Crippen LogP contribution is 2.24. The van der Waals surface area contributed by atoms with E-state index in [9.17, 15) is 0 Å². The number of nitrogen functional groups attached to an aromatic ring is 1. The third kappa shape index (κ3) is 2.93. The molecule has 2 aromatic carbocycles. The van der Waals surface area contributed by atoms with Gasteiger partial charge in [0.05, 0.1) is 12.2 Å². The number of halogens is 1. The number of nitrogens with zero attached hydrogens (tertiary/aromatic N) is 2. The van der Waals surface area contributed by atoms with Crippen molar-refractivity contribution in [3.8, 4) is 11.4 Å². The predicted molar refractivity (Wildman–Crippen MR) is 87.4 cm³/mol. The second-order valence-corrected chi connectivity index (χ2v) is 5.46. The summed E-state index contributed by atoms with van der Waals surface area (Å²) in [5.41, 5.74) is 9.66. The highest BCUT2D eigenvalue weighted by molar-refractivity contribution is 6.31. The lowest BCUT2D eigenvalue weighted by molar-refractivity contribution is 0.806. The minimum Gasteiger partial charge on any atom is -0.399 e. The van der Waals surface area contributed by atoms with Crippen LogP contribution in [0.4, 0.5) is 5.69 Å². The van der Waals surface area contributed by atoms with Gasteiger partial charge in [-0.05, 0) is 30.7 Å². The Labute approximate surface area is 129 Å². The van der Waals surface area contributed by atoms with Gasteiger partial charge in [0.2, 0.25) is 0 Å². The van der Waals surface area contributed by atoms with Crippen LogP contribution in [-0.2, 0) is 6.54 Å². The Bertz CT molecular complexity index is 777. The number of rotatable bonds is 3. The summed E-state index contributed by atoms with van der Waals surface area (Å²) in [6.45, 7) is 2.67. The molecule has 2 N–H and O–H groups in total. The van der Waals surface area contributed by atoms with E-state index in [4.69, 9.17) is 17.3 Å². The zero-order valence-corrected chi connectivity index (χ0v) is 12.5. The molecule has 3 nitrogen and oxygen atoms in total. The van der Waals surface area contributed by atoms with Gasteiger partial charge in [-0.2, -0.15) is 0 Å². The molecule has 21 heavy (non-hydrogen) atoms. The fraction of sp³-hybridized carbons (Fsp3) is 0.118. The van der Waals surface area contributed by atoms with Gasteiger partial charge in [-0.25, -0.2) is 4.98 Å². The highest BCUT2D eigenvalue weighted by Gasteiger charge is 2.10. The Balaban J connectivity index is 2.02. The molecule has 0 amide bonds. The average molecular weight is 298 g/mol. The van der Waals surface area contributed by atoms with Gasteiger partial charge in [0.25, 0.3) is 0 Å². The smallest absolute Gasteiger partial charge is 0.140 e. The lowest BCUT2D eigenvalue weighted by atomic mass is 10.2. The summed E-state index contributed by atoms with van der Waals surface area (Å²) in [5, 5.41) is 0.766. The predicted octanol–water partition coefficient (Wildman–Crippen LogP) is 4.14. The molecule has 1 aromatic heterocycles. The van der Waals surface area contributed by atoms with Gasteiger partial charge in [-0.3, -0.25) is 0 Å². The molecular formula is C17H16ClN3. The summed E-state index contributed by atoms with van der Waals surface area (Å²) < 4.78 is 2.10. The Morgan fingerprint density at radius 2 is 1.95 bits per heavy atom. The van der Waals surface area contributed by atoms with Gasteiger partial charge in [0.15, 0.2) is 0 Å². The van der Waals surface area contributed by atoms with Crippen LogP contribution in [0.1, 0.15) is 11.3 Å². The normalized spacial score (nSPS) is 10.8. The molecule has 0 aliphatic rings. The second-order valence-electron chi connectivity index (χ2n) is 5.05. The van der Waals surface area contributed by atoms with Crippen molar-refractivity contribution in [2.45, 2.75) is 13.5 Å². The Kier molecular flexibility index (Phi) is 3.67. The molecular weight excluding hydrogens is 282 g/mol. The van der Waals surface area contributed by atoms with E-state index in [1.165, 1.54) is 0 Å². The van der Waals surface area contributed by atoms with E-state index in [1.807, 2.05) is 61.7 Å². The van der Waals surface area contributed by atoms with E-state index in [1.54, 1.807) is 0 Å². The molecule has 1 heterocycles. The van der Waals surface area contributed by atoms with E-state index in [-0.39, 0.29) is 0 Å². The molecule has 106 valence electrons. The van der Waals surface area contributed by atoms with Crippen LogP contribution in [0.2, 0.25) is 5.02 Å². The molecule has 0 fully saturated rings. The number of imidazole rings is 1. The zero-order chi connectivity index (χ0) is 14.8. The number of hydrogen-bond donors (Lipinski definition) is 1. The minimum atomic E-state index is 0.685. The zero-order valence-electron chi connectivity index (χ0n) is 11.8. The summed E-state index contributed by atoms with van der Waals surface area (Å²) in [6, 6.07) is 15.6. The average Bonchev–Trinajstić information content (AvgIpc) is 2.82. The topological polar surface area (TPSA) is 43.8 Å². The van der Waals surface area contributed by atoms with Crippen molar-refractivity contribution in [1.82, 2.24) is 9.55 Å². The number of hydrogen-bond acceptors (Lipinski definition) is 2. The van der Waals surface area contributed by atoms with Crippen molar-refractivity contribution < 1.29 is 0 Å². The van der Waals surface area contributed by atoms with Gasteiger partial charge in [-0.15, -0.1) is 0 Å². The largest absolute Gasteiger partial charge is 0.399 e. The molecule has 0 atom stereocenters. The van der Waals surface area contributed by atoms with Crippen LogP contribution < -0.4 is 5.73 Å². The first-order chi connectivity index (χ1) is 10.1. The van der Waals surface area contributed by atoms with E-state index in [0.717, 1.165) is 33.4 Å². The molecule has 0 aliphatic carbocycles. The molecule has 0 spiro atoms. The van der Waals surface area contributed by atoms with Crippen molar-refractivity contribution >= 4 is 17.3 Å². The van der Waals surface area contributed by atoms with E-state index in [2.05, 4.69) is 9.55 Å². The van der Waals surface area contributed by atoms with Crippen molar-refractivity contribution in [2.24, 2.45) is 0 Å². The molecule has 3 rings (SSSR count). The maximum atomic E-state index is 6.25. The van der Waals surface area contributed by atoms with Crippen LogP contribution in [0.5, 0.6) is 0 Å². The van der Waals surface area contributed by atoms with E-state index >= 15 is 0 Å². The van der Waals surface area contributed by atoms with Crippen LogP contribution in [0.25, 0.3) is 11.4 Å². The summed E-state index contributed by atoms with van der Waals surface area (Å²) in [5.74, 6) is 0.903. The summed E-state index contributed by atoms with van der Waals surface area (Å²) in [7, 11) is 0. The second kappa shape index (κ2) is 5.62. The molecule has 0 bridgehead atoms.